The normalized spacial score (nSPS) is 8.67. The van der Waals surface area contributed by atoms with Crippen molar-refractivity contribution in [1.82, 2.24) is 4.72 Å². The van der Waals surface area contributed by atoms with Crippen molar-refractivity contribution in [3.63, 3.8) is 0 Å². The predicted octanol–water partition coefficient (Wildman–Crippen LogP) is 3.08. The fourth-order valence-electron chi connectivity index (χ4n) is 0.620. The molecular weight excluding hydrogens is 173 g/mol. The Bertz CT molecular complexity index is 198. The van der Waals surface area contributed by atoms with Crippen molar-refractivity contribution in [3.05, 3.63) is 30.1 Å². The highest BCUT2D eigenvalue weighted by molar-refractivity contribution is 7.97. The summed E-state index contributed by atoms with van der Waals surface area (Å²) in [5.41, 5.74) is 0. The second kappa shape index (κ2) is 7.13. The molecule has 0 bridgehead atoms. The van der Waals surface area contributed by atoms with E-state index in [9.17, 15) is 4.39 Å². The average molecular weight is 187 g/mol. The van der Waals surface area contributed by atoms with E-state index in [1.54, 1.807) is 12.1 Å². The van der Waals surface area contributed by atoms with Gasteiger partial charge in [-0.2, -0.15) is 0 Å². The van der Waals surface area contributed by atoms with Gasteiger partial charge in [0.05, 0.1) is 0 Å². The molecule has 12 heavy (non-hydrogen) atoms. The van der Waals surface area contributed by atoms with Crippen LogP contribution in [0.2, 0.25) is 0 Å². The third-order valence-corrected chi connectivity index (χ3v) is 1.75. The molecule has 0 aliphatic rings. The van der Waals surface area contributed by atoms with Crippen LogP contribution < -0.4 is 4.72 Å². The number of benzene rings is 1. The van der Waals surface area contributed by atoms with Crippen LogP contribution in [0.15, 0.2) is 29.2 Å². The molecule has 1 rings (SSSR count). The Morgan fingerprint density at radius 3 is 2.08 bits per heavy atom. The van der Waals surface area contributed by atoms with Gasteiger partial charge < -0.3 is 0 Å². The topological polar surface area (TPSA) is 12.0 Å². The first-order valence-electron chi connectivity index (χ1n) is 3.92. The van der Waals surface area contributed by atoms with Gasteiger partial charge in [-0.05, 0) is 43.3 Å². The summed E-state index contributed by atoms with van der Waals surface area (Å²) in [6, 6.07) is 6.35. The molecule has 1 aromatic rings. The molecule has 1 nitrogen and oxygen atoms in total. The van der Waals surface area contributed by atoms with Gasteiger partial charge in [0, 0.05) is 4.90 Å². The Kier molecular flexibility index (Phi) is 6.81. The van der Waals surface area contributed by atoms with Gasteiger partial charge in [-0.15, -0.1) is 0 Å². The van der Waals surface area contributed by atoms with Crippen LogP contribution in [0, 0.1) is 5.82 Å². The Hall–Kier alpha value is -0.540. The van der Waals surface area contributed by atoms with Crippen LogP contribution in [0.3, 0.4) is 0 Å². The second-order valence-electron chi connectivity index (χ2n) is 1.76. The van der Waals surface area contributed by atoms with Gasteiger partial charge in [-0.25, -0.2) is 4.39 Å². The number of hydrogen-bond donors (Lipinski definition) is 1. The summed E-state index contributed by atoms with van der Waals surface area (Å²) >= 11 is 1.47. The van der Waals surface area contributed by atoms with E-state index in [0.717, 1.165) is 4.90 Å². The molecule has 0 saturated heterocycles. The van der Waals surface area contributed by atoms with Gasteiger partial charge in [0.2, 0.25) is 0 Å². The third-order valence-electron chi connectivity index (χ3n) is 1.03. The minimum absolute atomic E-state index is 0.194. The second-order valence-corrected chi connectivity index (χ2v) is 2.84. The molecule has 0 aliphatic carbocycles. The van der Waals surface area contributed by atoms with Gasteiger partial charge in [0.1, 0.15) is 5.82 Å². The standard InChI is InChI=1S/C7H8FNS.C2H6/c1-9-10-7-4-2-6(8)3-5-7;1-2/h2-5,9H,1H3;1-2H3. The van der Waals surface area contributed by atoms with E-state index in [-0.39, 0.29) is 5.82 Å². The van der Waals surface area contributed by atoms with Crippen LogP contribution >= 0.6 is 11.9 Å². The monoisotopic (exact) mass is 187 g/mol. The fourth-order valence-corrected chi connectivity index (χ4v) is 1.13. The lowest BCUT2D eigenvalue weighted by Gasteiger charge is -1.96. The Balaban J connectivity index is 0.000000561. The molecule has 0 aliphatic heterocycles. The van der Waals surface area contributed by atoms with E-state index >= 15 is 0 Å². The van der Waals surface area contributed by atoms with E-state index in [4.69, 9.17) is 0 Å². The van der Waals surface area contributed by atoms with Crippen LogP contribution in [0.1, 0.15) is 13.8 Å². The molecule has 0 atom stereocenters. The molecule has 0 saturated carbocycles. The minimum Gasteiger partial charge on any atom is -0.263 e. The van der Waals surface area contributed by atoms with Gasteiger partial charge in [0.15, 0.2) is 0 Å². The van der Waals surface area contributed by atoms with Crippen LogP contribution in [-0.2, 0) is 0 Å². The van der Waals surface area contributed by atoms with Crippen LogP contribution in [0.4, 0.5) is 4.39 Å². The summed E-state index contributed by atoms with van der Waals surface area (Å²) in [6.45, 7) is 4.00. The zero-order valence-electron chi connectivity index (χ0n) is 7.60. The first kappa shape index (κ1) is 11.5. The molecule has 0 spiro atoms. The zero-order valence-corrected chi connectivity index (χ0v) is 8.41. The number of hydrogen-bond acceptors (Lipinski definition) is 2. The minimum atomic E-state index is -0.194. The molecule has 3 heteroatoms. The van der Waals surface area contributed by atoms with E-state index in [0.29, 0.717) is 0 Å². The van der Waals surface area contributed by atoms with Gasteiger partial charge >= 0.3 is 0 Å². The molecule has 1 aromatic carbocycles. The molecule has 0 unspecified atom stereocenters. The summed E-state index contributed by atoms with van der Waals surface area (Å²) in [4.78, 5) is 1.02. The Morgan fingerprint density at radius 1 is 1.17 bits per heavy atom. The maximum Gasteiger partial charge on any atom is 0.123 e. The highest BCUT2D eigenvalue weighted by Crippen LogP contribution is 2.13. The lowest BCUT2D eigenvalue weighted by atomic mass is 10.4. The molecule has 0 amide bonds. The predicted molar refractivity (Wildman–Crippen MR) is 52.7 cm³/mol. The average Bonchev–Trinajstić information content (AvgIpc) is 2.13. The van der Waals surface area contributed by atoms with Crippen LogP contribution in [0.25, 0.3) is 0 Å². The summed E-state index contributed by atoms with van der Waals surface area (Å²) in [6.07, 6.45) is 0. The maximum atomic E-state index is 12.3. The van der Waals surface area contributed by atoms with Crippen molar-refractivity contribution in [2.75, 3.05) is 7.05 Å². The lowest BCUT2D eigenvalue weighted by molar-refractivity contribution is 0.626. The summed E-state index contributed by atoms with van der Waals surface area (Å²) in [7, 11) is 1.83. The van der Waals surface area contributed by atoms with Gasteiger partial charge in [-0.1, -0.05) is 13.8 Å². The van der Waals surface area contributed by atoms with E-state index in [1.807, 2.05) is 20.9 Å². The Morgan fingerprint density at radius 2 is 1.67 bits per heavy atom. The van der Waals surface area contributed by atoms with E-state index < -0.39 is 0 Å². The SMILES string of the molecule is CC.CNSc1ccc(F)cc1. The number of nitrogens with one attached hydrogen (secondary N) is 1. The van der Waals surface area contributed by atoms with E-state index in [1.165, 1.54) is 24.1 Å². The maximum absolute atomic E-state index is 12.3. The Labute approximate surface area is 77.5 Å². The number of halogens is 1. The highest BCUT2D eigenvalue weighted by atomic mass is 32.2. The van der Waals surface area contributed by atoms with Gasteiger partial charge in [-0.3, -0.25) is 4.72 Å². The molecule has 1 N–H and O–H groups in total. The summed E-state index contributed by atoms with van der Waals surface area (Å²) in [5.74, 6) is -0.194. The van der Waals surface area contributed by atoms with Crippen LogP contribution in [-0.4, -0.2) is 7.05 Å². The quantitative estimate of drug-likeness (QED) is 0.714. The largest absolute Gasteiger partial charge is 0.263 e. The molecule has 0 aromatic heterocycles. The first-order valence-corrected chi connectivity index (χ1v) is 4.74. The van der Waals surface area contributed by atoms with Gasteiger partial charge in [0.25, 0.3) is 0 Å². The highest BCUT2D eigenvalue weighted by Gasteiger charge is 1.90. The molecule has 68 valence electrons. The molecule has 0 radical (unpaired) electrons. The molecular formula is C9H14FNS. The van der Waals surface area contributed by atoms with Crippen molar-refractivity contribution in [2.45, 2.75) is 18.7 Å². The van der Waals surface area contributed by atoms with Crippen molar-refractivity contribution in [2.24, 2.45) is 0 Å². The molecule has 0 heterocycles. The third kappa shape index (κ3) is 4.36. The molecule has 0 fully saturated rings. The van der Waals surface area contributed by atoms with Crippen LogP contribution in [0.5, 0.6) is 0 Å². The first-order chi connectivity index (χ1) is 5.83. The summed E-state index contributed by atoms with van der Waals surface area (Å²) in [5, 5.41) is 0. The lowest BCUT2D eigenvalue weighted by Crippen LogP contribution is -1.89. The van der Waals surface area contributed by atoms with E-state index in [2.05, 4.69) is 4.72 Å². The van der Waals surface area contributed by atoms with Crippen molar-refractivity contribution < 1.29 is 4.39 Å². The smallest absolute Gasteiger partial charge is 0.123 e. The number of rotatable bonds is 2. The zero-order chi connectivity index (χ0) is 9.40. The fraction of sp³-hybridized carbons (Fsp3) is 0.333. The summed E-state index contributed by atoms with van der Waals surface area (Å²) < 4.78 is 15.2. The van der Waals surface area contributed by atoms with Crippen molar-refractivity contribution in [1.29, 1.82) is 0 Å². The van der Waals surface area contributed by atoms with Crippen molar-refractivity contribution >= 4 is 11.9 Å². The van der Waals surface area contributed by atoms with Crippen molar-refractivity contribution in [3.8, 4) is 0 Å².